The largest absolute Gasteiger partial charge is 0.493 e. The molecule has 0 heterocycles. The van der Waals surface area contributed by atoms with Crippen LogP contribution in [0.5, 0.6) is 11.5 Å². The SMILES string of the molecule is COc1ccc(CN=Nc2ccc(Cl)cc2)cc1OC1CCCC1. The highest BCUT2D eigenvalue weighted by Gasteiger charge is 2.18. The van der Waals surface area contributed by atoms with Crippen molar-refractivity contribution < 1.29 is 9.47 Å². The summed E-state index contributed by atoms with van der Waals surface area (Å²) in [6.07, 6.45) is 5.00. The Morgan fingerprint density at radius 2 is 1.79 bits per heavy atom. The van der Waals surface area contributed by atoms with Crippen molar-refractivity contribution in [2.24, 2.45) is 10.2 Å². The molecule has 0 radical (unpaired) electrons. The first kappa shape index (κ1) is 16.8. The molecule has 2 aromatic carbocycles. The van der Waals surface area contributed by atoms with Gasteiger partial charge in [0.15, 0.2) is 11.5 Å². The minimum Gasteiger partial charge on any atom is -0.493 e. The molecule has 5 heteroatoms. The number of hydrogen-bond donors (Lipinski definition) is 0. The lowest BCUT2D eigenvalue weighted by Crippen LogP contribution is -2.11. The summed E-state index contributed by atoms with van der Waals surface area (Å²) in [5.41, 5.74) is 1.83. The van der Waals surface area contributed by atoms with Crippen LogP contribution in [0.2, 0.25) is 5.02 Å². The van der Waals surface area contributed by atoms with Crippen molar-refractivity contribution in [2.45, 2.75) is 38.3 Å². The third kappa shape index (κ3) is 4.48. The average molecular weight is 345 g/mol. The third-order valence-electron chi connectivity index (χ3n) is 4.09. The van der Waals surface area contributed by atoms with Gasteiger partial charge in [-0.05, 0) is 67.6 Å². The maximum Gasteiger partial charge on any atom is 0.161 e. The number of methoxy groups -OCH3 is 1. The number of nitrogens with zero attached hydrogens (tertiary/aromatic N) is 2. The van der Waals surface area contributed by atoms with Gasteiger partial charge in [0.1, 0.15) is 0 Å². The lowest BCUT2D eigenvalue weighted by atomic mass is 10.2. The minimum atomic E-state index is 0.296. The van der Waals surface area contributed by atoms with Gasteiger partial charge in [-0.2, -0.15) is 10.2 Å². The normalized spacial score (nSPS) is 15.1. The number of hydrogen-bond acceptors (Lipinski definition) is 4. The number of rotatable bonds is 6. The summed E-state index contributed by atoms with van der Waals surface area (Å²) >= 11 is 5.86. The third-order valence-corrected chi connectivity index (χ3v) is 4.34. The van der Waals surface area contributed by atoms with Crippen LogP contribution in [0.3, 0.4) is 0 Å². The predicted octanol–water partition coefficient (Wildman–Crippen LogP) is 5.95. The molecule has 3 rings (SSSR count). The van der Waals surface area contributed by atoms with Crippen molar-refractivity contribution in [3.8, 4) is 11.5 Å². The van der Waals surface area contributed by atoms with Crippen LogP contribution in [0, 0.1) is 0 Å². The molecule has 0 amide bonds. The van der Waals surface area contributed by atoms with Crippen molar-refractivity contribution >= 4 is 17.3 Å². The molecule has 0 bridgehead atoms. The van der Waals surface area contributed by atoms with Crippen LogP contribution < -0.4 is 9.47 Å². The van der Waals surface area contributed by atoms with E-state index in [0.717, 1.165) is 35.6 Å². The molecule has 1 saturated carbocycles. The maximum atomic E-state index is 6.10. The molecule has 4 nitrogen and oxygen atoms in total. The Hall–Kier alpha value is -2.07. The van der Waals surface area contributed by atoms with E-state index in [9.17, 15) is 0 Å². The Morgan fingerprint density at radius 3 is 2.50 bits per heavy atom. The summed E-state index contributed by atoms with van der Waals surface area (Å²) in [5, 5.41) is 9.16. The molecule has 0 spiro atoms. The number of benzene rings is 2. The molecule has 0 aromatic heterocycles. The van der Waals surface area contributed by atoms with Crippen LogP contribution in [0.1, 0.15) is 31.2 Å². The number of ether oxygens (including phenoxy) is 2. The topological polar surface area (TPSA) is 43.2 Å². The molecule has 0 atom stereocenters. The Bertz CT molecular complexity index is 695. The van der Waals surface area contributed by atoms with Gasteiger partial charge in [0.05, 0.1) is 25.4 Å². The second-order valence-corrected chi connectivity index (χ2v) is 6.32. The fourth-order valence-electron chi connectivity index (χ4n) is 2.80. The second kappa shape index (κ2) is 8.15. The first-order chi connectivity index (χ1) is 11.7. The zero-order valence-electron chi connectivity index (χ0n) is 13.7. The van der Waals surface area contributed by atoms with Gasteiger partial charge >= 0.3 is 0 Å². The van der Waals surface area contributed by atoms with Crippen molar-refractivity contribution in [3.05, 3.63) is 53.1 Å². The lowest BCUT2D eigenvalue weighted by molar-refractivity contribution is 0.200. The highest BCUT2D eigenvalue weighted by molar-refractivity contribution is 6.30. The van der Waals surface area contributed by atoms with Crippen molar-refractivity contribution in [3.63, 3.8) is 0 Å². The van der Waals surface area contributed by atoms with Gasteiger partial charge in [0, 0.05) is 5.02 Å². The maximum absolute atomic E-state index is 6.10. The quantitative estimate of drug-likeness (QED) is 0.607. The highest BCUT2D eigenvalue weighted by Crippen LogP contribution is 2.32. The Morgan fingerprint density at radius 1 is 1.04 bits per heavy atom. The van der Waals surface area contributed by atoms with E-state index < -0.39 is 0 Å². The Balaban J connectivity index is 1.67. The van der Waals surface area contributed by atoms with Gasteiger partial charge < -0.3 is 9.47 Å². The van der Waals surface area contributed by atoms with E-state index in [1.54, 1.807) is 19.2 Å². The molecule has 0 N–H and O–H groups in total. The summed E-state index contributed by atoms with van der Waals surface area (Å²) in [4.78, 5) is 0. The van der Waals surface area contributed by atoms with E-state index in [1.807, 2.05) is 30.3 Å². The molecule has 0 unspecified atom stereocenters. The Kier molecular flexibility index (Phi) is 5.70. The molecule has 2 aromatic rings. The fraction of sp³-hybridized carbons (Fsp3) is 0.368. The van der Waals surface area contributed by atoms with Crippen LogP contribution in [0.25, 0.3) is 0 Å². The Labute approximate surface area is 147 Å². The lowest BCUT2D eigenvalue weighted by Gasteiger charge is -2.16. The molecular formula is C19H21ClN2O2. The first-order valence-electron chi connectivity index (χ1n) is 8.21. The second-order valence-electron chi connectivity index (χ2n) is 5.89. The van der Waals surface area contributed by atoms with E-state index in [0.29, 0.717) is 17.7 Å². The van der Waals surface area contributed by atoms with Crippen LogP contribution >= 0.6 is 11.6 Å². The summed E-state index contributed by atoms with van der Waals surface area (Å²) in [7, 11) is 1.66. The summed E-state index contributed by atoms with van der Waals surface area (Å²) < 4.78 is 11.5. The minimum absolute atomic E-state index is 0.296. The molecular weight excluding hydrogens is 324 g/mol. The van der Waals surface area contributed by atoms with Gasteiger partial charge in [-0.25, -0.2) is 0 Å². The highest BCUT2D eigenvalue weighted by atomic mass is 35.5. The summed E-state index contributed by atoms with van der Waals surface area (Å²) in [6.45, 7) is 0.494. The molecule has 1 fully saturated rings. The zero-order chi connectivity index (χ0) is 16.8. The first-order valence-corrected chi connectivity index (χ1v) is 8.59. The number of halogens is 1. The van der Waals surface area contributed by atoms with Gasteiger partial charge in [-0.3, -0.25) is 0 Å². The van der Waals surface area contributed by atoms with E-state index in [1.165, 1.54) is 12.8 Å². The van der Waals surface area contributed by atoms with Crippen LogP contribution in [-0.2, 0) is 6.54 Å². The van der Waals surface area contributed by atoms with E-state index in [2.05, 4.69) is 10.2 Å². The predicted molar refractivity (Wildman–Crippen MR) is 95.6 cm³/mol. The van der Waals surface area contributed by atoms with Crippen molar-refractivity contribution in [1.29, 1.82) is 0 Å². The van der Waals surface area contributed by atoms with Crippen LogP contribution in [0.4, 0.5) is 5.69 Å². The molecule has 1 aliphatic rings. The molecule has 24 heavy (non-hydrogen) atoms. The monoisotopic (exact) mass is 344 g/mol. The van der Waals surface area contributed by atoms with Crippen molar-refractivity contribution in [1.82, 2.24) is 0 Å². The summed E-state index contributed by atoms with van der Waals surface area (Å²) in [6, 6.07) is 13.2. The smallest absolute Gasteiger partial charge is 0.161 e. The number of azo groups is 1. The van der Waals surface area contributed by atoms with Gasteiger partial charge in [-0.15, -0.1) is 0 Å². The fourth-order valence-corrected chi connectivity index (χ4v) is 2.93. The van der Waals surface area contributed by atoms with Crippen LogP contribution in [0.15, 0.2) is 52.7 Å². The average Bonchev–Trinajstić information content (AvgIpc) is 3.10. The molecule has 0 saturated heterocycles. The standard InChI is InChI=1S/C19H21ClN2O2/c1-23-18-11-6-14(12-19(18)24-17-4-2-3-5-17)13-21-22-16-9-7-15(20)8-10-16/h6-12,17H,2-5,13H2,1H3. The van der Waals surface area contributed by atoms with E-state index >= 15 is 0 Å². The molecule has 1 aliphatic carbocycles. The van der Waals surface area contributed by atoms with Gasteiger partial charge in [0.25, 0.3) is 0 Å². The zero-order valence-corrected chi connectivity index (χ0v) is 14.5. The molecule has 0 aliphatic heterocycles. The van der Waals surface area contributed by atoms with E-state index in [-0.39, 0.29) is 0 Å². The van der Waals surface area contributed by atoms with Gasteiger partial charge in [0.2, 0.25) is 0 Å². The van der Waals surface area contributed by atoms with Crippen molar-refractivity contribution in [2.75, 3.05) is 7.11 Å². The molecule has 126 valence electrons. The van der Waals surface area contributed by atoms with E-state index in [4.69, 9.17) is 21.1 Å². The van der Waals surface area contributed by atoms with Gasteiger partial charge in [-0.1, -0.05) is 17.7 Å². The van der Waals surface area contributed by atoms with Crippen LogP contribution in [-0.4, -0.2) is 13.2 Å². The summed E-state index contributed by atoms with van der Waals surface area (Å²) in [5.74, 6) is 1.56.